The monoisotopic (exact) mass is 393 g/mol. The first kappa shape index (κ1) is 19.4. The van der Waals surface area contributed by atoms with Crippen LogP contribution in [0, 0.1) is 13.8 Å². The molecular formula is C23H27N3O3. The summed E-state index contributed by atoms with van der Waals surface area (Å²) < 4.78 is 7.75. The van der Waals surface area contributed by atoms with E-state index in [1.54, 1.807) is 0 Å². The van der Waals surface area contributed by atoms with Crippen LogP contribution in [0.2, 0.25) is 0 Å². The van der Waals surface area contributed by atoms with Crippen LogP contribution in [0.4, 0.5) is 0 Å². The molecule has 0 radical (unpaired) electrons. The number of hydrogen-bond acceptors (Lipinski definition) is 4. The number of benzene rings is 1. The first-order chi connectivity index (χ1) is 13.7. The highest BCUT2D eigenvalue weighted by atomic mass is 16.5. The van der Waals surface area contributed by atoms with Crippen molar-refractivity contribution in [2.75, 3.05) is 0 Å². The van der Waals surface area contributed by atoms with Gasteiger partial charge in [-0.05, 0) is 64.2 Å². The number of ether oxygens (including phenoxy) is 1. The lowest BCUT2D eigenvalue weighted by Crippen LogP contribution is -2.39. The van der Waals surface area contributed by atoms with E-state index in [1.165, 1.54) is 17.2 Å². The normalized spacial score (nSPS) is 20.5. The second-order valence-electron chi connectivity index (χ2n) is 8.61. The number of fused-ring (bicyclic) bond motifs is 1. The van der Waals surface area contributed by atoms with Crippen molar-refractivity contribution >= 4 is 11.7 Å². The van der Waals surface area contributed by atoms with Crippen molar-refractivity contribution in [1.29, 1.82) is 0 Å². The quantitative estimate of drug-likeness (QED) is 0.864. The van der Waals surface area contributed by atoms with Gasteiger partial charge in [-0.3, -0.25) is 9.59 Å². The van der Waals surface area contributed by atoms with E-state index in [2.05, 4.69) is 36.4 Å². The summed E-state index contributed by atoms with van der Waals surface area (Å²) in [6.45, 7) is 7.83. The van der Waals surface area contributed by atoms with Crippen molar-refractivity contribution < 1.29 is 14.3 Å². The molecule has 1 aliphatic heterocycles. The van der Waals surface area contributed by atoms with Crippen molar-refractivity contribution in [2.24, 2.45) is 0 Å². The minimum atomic E-state index is -0.663. The lowest BCUT2D eigenvalue weighted by atomic mass is 9.92. The number of nitrogens with zero attached hydrogens (tertiary/aromatic N) is 2. The lowest BCUT2D eigenvalue weighted by Gasteiger charge is -2.31. The van der Waals surface area contributed by atoms with Crippen molar-refractivity contribution in [3.63, 3.8) is 0 Å². The molecule has 1 amide bonds. The van der Waals surface area contributed by atoms with E-state index in [-0.39, 0.29) is 29.9 Å². The number of hydrogen-bond donors (Lipinski definition) is 1. The molecule has 0 unspecified atom stereocenters. The Balaban J connectivity index is 1.60. The van der Waals surface area contributed by atoms with E-state index in [4.69, 9.17) is 4.74 Å². The Labute approximate surface area is 170 Å². The number of rotatable bonds is 3. The van der Waals surface area contributed by atoms with E-state index in [1.807, 2.05) is 30.8 Å². The fraction of sp³-hybridized carbons (Fsp3) is 0.435. The van der Waals surface area contributed by atoms with Crippen molar-refractivity contribution in [2.45, 2.75) is 65.0 Å². The molecule has 1 N–H and O–H groups in total. The van der Waals surface area contributed by atoms with Crippen LogP contribution in [0.5, 0.6) is 0 Å². The maximum Gasteiger partial charge on any atom is 0.286 e. The van der Waals surface area contributed by atoms with E-state index in [0.29, 0.717) is 0 Å². The lowest BCUT2D eigenvalue weighted by molar-refractivity contribution is -0.131. The molecule has 29 heavy (non-hydrogen) atoms. The molecule has 0 saturated carbocycles. The Bertz CT molecular complexity index is 1020. The van der Waals surface area contributed by atoms with Gasteiger partial charge in [0.2, 0.25) is 0 Å². The number of aryl methyl sites for hydroxylation is 1. The maximum absolute atomic E-state index is 12.8. The Morgan fingerprint density at radius 2 is 2.10 bits per heavy atom. The third-order valence-electron chi connectivity index (χ3n) is 5.79. The number of allylic oxidation sites excluding steroid dienone is 1. The molecule has 2 aromatic rings. The minimum Gasteiger partial charge on any atom is -0.482 e. The standard InChI is InChI=1S/C23H27N3O3/c1-14-7-5-9-19(15(14)2)26-20-10-6-8-18(17(20)13-24-26)25-22(28)21-11-16(27)12-23(3,4)29-21/h5,7,9,11,13,18H,6,8,10,12H2,1-4H3,(H,25,28)/t18-/m1/s1. The molecule has 6 heteroatoms. The average Bonchev–Trinajstić information content (AvgIpc) is 3.07. The van der Waals surface area contributed by atoms with E-state index in [0.717, 1.165) is 36.2 Å². The van der Waals surface area contributed by atoms with Gasteiger partial charge < -0.3 is 10.1 Å². The van der Waals surface area contributed by atoms with Crippen molar-refractivity contribution in [1.82, 2.24) is 15.1 Å². The second kappa shape index (κ2) is 7.17. The molecule has 4 rings (SSSR count). The van der Waals surface area contributed by atoms with Crippen LogP contribution in [-0.4, -0.2) is 27.1 Å². The molecule has 6 nitrogen and oxygen atoms in total. The van der Waals surface area contributed by atoms with Gasteiger partial charge in [-0.15, -0.1) is 0 Å². The van der Waals surface area contributed by atoms with Crippen LogP contribution in [0.15, 0.2) is 36.2 Å². The molecule has 1 aliphatic carbocycles. The maximum atomic E-state index is 12.8. The molecule has 1 aromatic heterocycles. The molecule has 2 heterocycles. The zero-order valence-electron chi connectivity index (χ0n) is 17.4. The Hall–Kier alpha value is -2.89. The summed E-state index contributed by atoms with van der Waals surface area (Å²) in [5.41, 5.74) is 5.00. The first-order valence-corrected chi connectivity index (χ1v) is 10.1. The van der Waals surface area contributed by atoms with Gasteiger partial charge in [-0.1, -0.05) is 12.1 Å². The molecule has 0 spiro atoms. The highest BCUT2D eigenvalue weighted by Gasteiger charge is 2.33. The van der Waals surface area contributed by atoms with Gasteiger partial charge in [0.05, 0.1) is 17.9 Å². The average molecular weight is 393 g/mol. The zero-order chi connectivity index (χ0) is 20.8. The number of ketones is 1. The molecule has 2 aliphatic rings. The highest BCUT2D eigenvalue weighted by molar-refractivity contribution is 6.01. The minimum absolute atomic E-state index is 0.0847. The van der Waals surface area contributed by atoms with Gasteiger partial charge in [0.1, 0.15) is 5.60 Å². The van der Waals surface area contributed by atoms with Crippen LogP contribution in [0.25, 0.3) is 5.69 Å². The Kier molecular flexibility index (Phi) is 4.81. The predicted molar refractivity (Wildman–Crippen MR) is 110 cm³/mol. The molecule has 1 aromatic carbocycles. The molecular weight excluding hydrogens is 366 g/mol. The van der Waals surface area contributed by atoms with Gasteiger partial charge in [0, 0.05) is 23.8 Å². The summed E-state index contributed by atoms with van der Waals surface area (Å²) in [6, 6.07) is 6.07. The number of amides is 1. The van der Waals surface area contributed by atoms with Gasteiger partial charge in [0.15, 0.2) is 11.5 Å². The summed E-state index contributed by atoms with van der Waals surface area (Å²) in [5.74, 6) is -0.331. The van der Waals surface area contributed by atoms with Gasteiger partial charge in [-0.25, -0.2) is 4.68 Å². The second-order valence-corrected chi connectivity index (χ2v) is 8.61. The Morgan fingerprint density at radius 1 is 1.31 bits per heavy atom. The summed E-state index contributed by atoms with van der Waals surface area (Å²) >= 11 is 0. The zero-order valence-corrected chi connectivity index (χ0v) is 17.4. The van der Waals surface area contributed by atoms with Crippen molar-refractivity contribution in [3.8, 4) is 5.69 Å². The van der Waals surface area contributed by atoms with Gasteiger partial charge in [-0.2, -0.15) is 5.10 Å². The topological polar surface area (TPSA) is 73.2 Å². The van der Waals surface area contributed by atoms with E-state index < -0.39 is 5.60 Å². The van der Waals surface area contributed by atoms with E-state index >= 15 is 0 Å². The molecule has 0 saturated heterocycles. The third-order valence-corrected chi connectivity index (χ3v) is 5.79. The molecule has 1 atom stereocenters. The first-order valence-electron chi connectivity index (χ1n) is 10.1. The number of carbonyl (C=O) groups is 2. The number of carbonyl (C=O) groups excluding carboxylic acids is 2. The summed E-state index contributed by atoms with van der Waals surface area (Å²) in [6.07, 6.45) is 6.15. The summed E-state index contributed by atoms with van der Waals surface area (Å²) in [5, 5.41) is 7.70. The Morgan fingerprint density at radius 3 is 2.86 bits per heavy atom. The highest BCUT2D eigenvalue weighted by Crippen LogP contribution is 2.33. The third kappa shape index (κ3) is 3.71. The summed E-state index contributed by atoms with van der Waals surface area (Å²) in [4.78, 5) is 24.8. The number of aromatic nitrogens is 2. The van der Waals surface area contributed by atoms with Crippen LogP contribution in [-0.2, 0) is 20.7 Å². The fourth-order valence-corrected chi connectivity index (χ4v) is 4.20. The fourth-order valence-electron chi connectivity index (χ4n) is 4.20. The summed E-state index contributed by atoms with van der Waals surface area (Å²) in [7, 11) is 0. The molecule has 0 fully saturated rings. The van der Waals surface area contributed by atoms with Crippen LogP contribution in [0.3, 0.4) is 0 Å². The van der Waals surface area contributed by atoms with Crippen LogP contribution >= 0.6 is 0 Å². The molecule has 152 valence electrons. The molecule has 0 bridgehead atoms. The largest absolute Gasteiger partial charge is 0.482 e. The van der Waals surface area contributed by atoms with Crippen LogP contribution in [0.1, 0.15) is 61.5 Å². The number of nitrogens with one attached hydrogen (secondary N) is 1. The van der Waals surface area contributed by atoms with E-state index in [9.17, 15) is 9.59 Å². The van der Waals surface area contributed by atoms with Crippen LogP contribution < -0.4 is 5.32 Å². The van der Waals surface area contributed by atoms with Gasteiger partial charge in [0.25, 0.3) is 5.91 Å². The predicted octanol–water partition coefficient (Wildman–Crippen LogP) is 3.63. The van der Waals surface area contributed by atoms with Crippen molar-refractivity contribution in [3.05, 3.63) is 58.6 Å². The smallest absolute Gasteiger partial charge is 0.286 e. The van der Waals surface area contributed by atoms with Gasteiger partial charge >= 0.3 is 0 Å². The SMILES string of the molecule is Cc1cccc(-n2ncc3c2CCC[C@H]3NC(=O)C2=CC(=O)CC(C)(C)O2)c1C.